The van der Waals surface area contributed by atoms with Gasteiger partial charge in [0.15, 0.2) is 5.82 Å². The van der Waals surface area contributed by atoms with Crippen molar-refractivity contribution in [3.8, 4) is 11.8 Å². The summed E-state index contributed by atoms with van der Waals surface area (Å²) in [4.78, 5) is 4.00. The molecule has 102 valence electrons. The van der Waals surface area contributed by atoms with Crippen LogP contribution < -0.4 is 17.2 Å². The van der Waals surface area contributed by atoms with Gasteiger partial charge in [0.25, 0.3) is 0 Å². The SMILES string of the molecule is NC=C1C=C(C#Cc2c(F)ccc(N)c2F)CN=C1N. The van der Waals surface area contributed by atoms with E-state index >= 15 is 0 Å². The lowest BCUT2D eigenvalue weighted by atomic mass is 10.1. The molecule has 0 fully saturated rings. The number of hydrogen-bond acceptors (Lipinski definition) is 4. The molecule has 1 heterocycles. The normalized spacial score (nSPS) is 16.2. The van der Waals surface area contributed by atoms with Gasteiger partial charge in [0, 0.05) is 17.3 Å². The first-order chi connectivity index (χ1) is 9.52. The summed E-state index contributed by atoms with van der Waals surface area (Å²) in [5.41, 5.74) is 16.9. The minimum absolute atomic E-state index is 0.155. The summed E-state index contributed by atoms with van der Waals surface area (Å²) in [6.07, 6.45) is 2.92. The van der Waals surface area contributed by atoms with Gasteiger partial charge in [-0.25, -0.2) is 8.78 Å². The lowest BCUT2D eigenvalue weighted by Gasteiger charge is -2.08. The molecule has 0 radical (unpaired) electrons. The van der Waals surface area contributed by atoms with Crippen LogP contribution in [0.4, 0.5) is 14.5 Å². The number of nitrogen functional groups attached to an aromatic ring is 1. The second-order valence-corrected chi connectivity index (χ2v) is 4.07. The molecule has 0 aromatic heterocycles. The zero-order valence-electron chi connectivity index (χ0n) is 10.5. The number of rotatable bonds is 0. The minimum Gasteiger partial charge on any atom is -0.404 e. The largest absolute Gasteiger partial charge is 0.404 e. The first kappa shape index (κ1) is 13.6. The molecule has 1 aliphatic rings. The van der Waals surface area contributed by atoms with Crippen LogP contribution in [0.25, 0.3) is 0 Å². The number of anilines is 1. The predicted octanol–water partition coefficient (Wildman–Crippen LogP) is 1.04. The number of amidine groups is 1. The fourth-order valence-corrected chi connectivity index (χ4v) is 1.60. The fourth-order valence-electron chi connectivity index (χ4n) is 1.60. The van der Waals surface area contributed by atoms with Crippen LogP contribution >= 0.6 is 0 Å². The van der Waals surface area contributed by atoms with E-state index in [1.807, 2.05) is 0 Å². The Morgan fingerprint density at radius 3 is 2.65 bits per heavy atom. The Kier molecular flexibility index (Phi) is 3.71. The van der Waals surface area contributed by atoms with Crippen molar-refractivity contribution in [2.24, 2.45) is 16.5 Å². The van der Waals surface area contributed by atoms with Crippen LogP contribution in [0.3, 0.4) is 0 Å². The molecule has 0 saturated heterocycles. The molecule has 2 rings (SSSR count). The van der Waals surface area contributed by atoms with Gasteiger partial charge < -0.3 is 17.2 Å². The highest BCUT2D eigenvalue weighted by atomic mass is 19.1. The molecule has 4 nitrogen and oxygen atoms in total. The Morgan fingerprint density at radius 1 is 1.20 bits per heavy atom. The molecular formula is C14H12F2N4. The number of nitrogens with zero attached hydrogens (tertiary/aromatic N) is 1. The van der Waals surface area contributed by atoms with Crippen LogP contribution in [0, 0.1) is 23.5 Å². The van der Waals surface area contributed by atoms with Gasteiger partial charge >= 0.3 is 0 Å². The van der Waals surface area contributed by atoms with Crippen molar-refractivity contribution in [3.05, 3.63) is 52.8 Å². The topological polar surface area (TPSA) is 90.4 Å². The highest BCUT2D eigenvalue weighted by Gasteiger charge is 2.10. The lowest BCUT2D eigenvalue weighted by molar-refractivity contribution is 0.580. The number of nitrogens with two attached hydrogens (primary N) is 3. The molecule has 1 aromatic carbocycles. The van der Waals surface area contributed by atoms with E-state index in [0.29, 0.717) is 17.0 Å². The maximum Gasteiger partial charge on any atom is 0.164 e. The van der Waals surface area contributed by atoms with Gasteiger partial charge in [-0.05, 0) is 18.2 Å². The molecule has 0 saturated carbocycles. The first-order valence-corrected chi connectivity index (χ1v) is 5.71. The van der Waals surface area contributed by atoms with Crippen molar-refractivity contribution in [1.82, 2.24) is 0 Å². The maximum atomic E-state index is 13.7. The van der Waals surface area contributed by atoms with Crippen LogP contribution in [0.2, 0.25) is 0 Å². The standard InChI is InChI=1S/C14H12F2N4/c15-11-3-4-12(18)13(16)10(11)2-1-8-5-9(6-17)14(19)20-7-8/h3-6H,7,17-18H2,(H2,19,20). The molecule has 1 aromatic rings. The first-order valence-electron chi connectivity index (χ1n) is 5.71. The van der Waals surface area contributed by atoms with Crippen molar-refractivity contribution in [1.29, 1.82) is 0 Å². The van der Waals surface area contributed by atoms with E-state index in [-0.39, 0.29) is 17.8 Å². The van der Waals surface area contributed by atoms with Gasteiger partial charge in [-0.3, -0.25) is 4.99 Å². The minimum atomic E-state index is -0.869. The monoisotopic (exact) mass is 274 g/mol. The third-order valence-corrected chi connectivity index (χ3v) is 2.69. The van der Waals surface area contributed by atoms with Crippen molar-refractivity contribution < 1.29 is 8.78 Å². The van der Waals surface area contributed by atoms with E-state index in [0.717, 1.165) is 12.1 Å². The van der Waals surface area contributed by atoms with Crippen molar-refractivity contribution >= 4 is 11.5 Å². The zero-order chi connectivity index (χ0) is 14.7. The van der Waals surface area contributed by atoms with Gasteiger partial charge in [-0.15, -0.1) is 0 Å². The van der Waals surface area contributed by atoms with Crippen LogP contribution in [0.5, 0.6) is 0 Å². The number of hydrogen-bond donors (Lipinski definition) is 3. The molecule has 20 heavy (non-hydrogen) atoms. The third-order valence-electron chi connectivity index (χ3n) is 2.69. The predicted molar refractivity (Wildman–Crippen MR) is 74.5 cm³/mol. The number of halogens is 2. The van der Waals surface area contributed by atoms with Gasteiger partial charge in [0.05, 0.1) is 17.8 Å². The zero-order valence-corrected chi connectivity index (χ0v) is 10.5. The molecule has 0 atom stereocenters. The molecule has 0 unspecified atom stereocenters. The summed E-state index contributed by atoms with van der Waals surface area (Å²) in [5, 5.41) is 0. The van der Waals surface area contributed by atoms with Gasteiger partial charge in [-0.2, -0.15) is 0 Å². The van der Waals surface area contributed by atoms with Gasteiger partial charge in [-0.1, -0.05) is 11.8 Å². The molecule has 6 N–H and O–H groups in total. The Bertz CT molecular complexity index is 706. The summed E-state index contributed by atoms with van der Waals surface area (Å²) >= 11 is 0. The molecule has 0 amide bonds. The van der Waals surface area contributed by atoms with E-state index in [2.05, 4.69) is 16.8 Å². The lowest BCUT2D eigenvalue weighted by Crippen LogP contribution is -2.19. The summed E-state index contributed by atoms with van der Waals surface area (Å²) in [6, 6.07) is 2.22. The summed E-state index contributed by atoms with van der Waals surface area (Å²) in [6.45, 7) is 0.238. The third kappa shape index (κ3) is 2.62. The second kappa shape index (κ2) is 5.45. The maximum absolute atomic E-state index is 13.7. The quantitative estimate of drug-likeness (QED) is 0.487. The highest BCUT2D eigenvalue weighted by Crippen LogP contribution is 2.18. The Morgan fingerprint density at radius 2 is 1.95 bits per heavy atom. The molecule has 1 aliphatic heterocycles. The molecule has 6 heteroatoms. The number of benzene rings is 1. The van der Waals surface area contributed by atoms with Crippen molar-refractivity contribution in [3.63, 3.8) is 0 Å². The second-order valence-electron chi connectivity index (χ2n) is 4.07. The Balaban J connectivity index is 2.36. The van der Waals surface area contributed by atoms with Crippen LogP contribution in [-0.4, -0.2) is 12.4 Å². The molecule has 0 spiro atoms. The van der Waals surface area contributed by atoms with Crippen molar-refractivity contribution in [2.45, 2.75) is 0 Å². The van der Waals surface area contributed by atoms with E-state index in [1.54, 1.807) is 6.08 Å². The molecular weight excluding hydrogens is 262 g/mol. The van der Waals surface area contributed by atoms with E-state index in [4.69, 9.17) is 17.2 Å². The summed E-state index contributed by atoms with van der Waals surface area (Å²) in [5.74, 6) is 3.74. The smallest absolute Gasteiger partial charge is 0.164 e. The summed E-state index contributed by atoms with van der Waals surface area (Å²) in [7, 11) is 0. The van der Waals surface area contributed by atoms with E-state index in [1.165, 1.54) is 6.20 Å². The average Bonchev–Trinajstić information content (AvgIpc) is 2.44. The Labute approximate surface area is 114 Å². The van der Waals surface area contributed by atoms with Crippen LogP contribution in [0.15, 0.2) is 40.5 Å². The van der Waals surface area contributed by atoms with E-state index < -0.39 is 11.6 Å². The number of aliphatic imine (C=N–C) groups is 1. The average molecular weight is 274 g/mol. The molecule has 0 aliphatic carbocycles. The van der Waals surface area contributed by atoms with Gasteiger partial charge in [0.2, 0.25) is 0 Å². The van der Waals surface area contributed by atoms with Gasteiger partial charge in [0.1, 0.15) is 11.7 Å². The fraction of sp³-hybridized carbons (Fsp3) is 0.0714. The van der Waals surface area contributed by atoms with Crippen molar-refractivity contribution in [2.75, 3.05) is 12.3 Å². The summed E-state index contributed by atoms with van der Waals surface area (Å²) < 4.78 is 27.1. The number of dihydropyridines is 1. The van der Waals surface area contributed by atoms with Crippen LogP contribution in [-0.2, 0) is 0 Å². The Hall–Kier alpha value is -2.81. The highest BCUT2D eigenvalue weighted by molar-refractivity contribution is 6.00. The molecule has 0 bridgehead atoms. The van der Waals surface area contributed by atoms with E-state index in [9.17, 15) is 8.78 Å². The van der Waals surface area contributed by atoms with Crippen LogP contribution in [0.1, 0.15) is 5.56 Å².